The van der Waals surface area contributed by atoms with E-state index in [4.69, 9.17) is 19.7 Å². The van der Waals surface area contributed by atoms with Crippen LogP contribution in [0.15, 0.2) is 59.7 Å². The van der Waals surface area contributed by atoms with Gasteiger partial charge in [0.25, 0.3) is 0 Å². The number of rotatable bonds is 20. The Hall–Kier alpha value is -2.89. The van der Waals surface area contributed by atoms with Gasteiger partial charge in [-0.05, 0) is 85.6 Å². The summed E-state index contributed by atoms with van der Waals surface area (Å²) in [6, 6.07) is 16.2. The van der Waals surface area contributed by atoms with Gasteiger partial charge in [0.1, 0.15) is 11.5 Å². The molecule has 0 saturated heterocycles. The van der Waals surface area contributed by atoms with Crippen molar-refractivity contribution >= 4 is 17.9 Å². The van der Waals surface area contributed by atoms with E-state index in [0.717, 1.165) is 106 Å². The summed E-state index contributed by atoms with van der Waals surface area (Å²) < 4.78 is 11.8. The summed E-state index contributed by atoms with van der Waals surface area (Å²) in [5.74, 6) is 1.96. The highest BCUT2D eigenvalue weighted by atomic mass is 16.5. The molecule has 0 bridgehead atoms. The number of hydrogen-bond acceptors (Lipinski definition) is 5. The molecule has 0 heterocycles. The second-order valence-corrected chi connectivity index (χ2v) is 11.1. The second-order valence-electron chi connectivity index (χ2n) is 11.1. The lowest BCUT2D eigenvalue weighted by atomic mass is 9.87. The summed E-state index contributed by atoms with van der Waals surface area (Å²) >= 11 is 0. The van der Waals surface area contributed by atoms with Gasteiger partial charge in [-0.15, -0.1) is 0 Å². The smallest absolute Gasteiger partial charge is 0.162 e. The van der Waals surface area contributed by atoms with Gasteiger partial charge in [-0.2, -0.15) is 0 Å². The zero-order chi connectivity index (χ0) is 29.0. The number of Topliss-reactive ketones (excluding diaryl/α,β-unsaturated/α-hetero) is 1. The van der Waals surface area contributed by atoms with Crippen molar-refractivity contribution in [3.05, 3.63) is 70.8 Å². The number of unbranched alkanes of at least 4 members (excludes halogenated alkanes) is 10. The van der Waals surface area contributed by atoms with Crippen LogP contribution in [0.4, 0.5) is 0 Å². The predicted molar refractivity (Wildman–Crippen MR) is 168 cm³/mol. The summed E-state index contributed by atoms with van der Waals surface area (Å²) in [6.07, 6.45) is 19.5. The van der Waals surface area contributed by atoms with Crippen LogP contribution >= 0.6 is 0 Å². The Morgan fingerprint density at radius 2 is 1.00 bits per heavy atom. The Kier molecular flexibility index (Phi) is 16.0. The van der Waals surface area contributed by atoms with Crippen molar-refractivity contribution in [1.29, 1.82) is 0 Å². The molecule has 1 saturated carbocycles. The van der Waals surface area contributed by atoms with Gasteiger partial charge in [-0.3, -0.25) is 4.79 Å². The molecular formula is C36H50O5. The minimum Gasteiger partial charge on any atom is -0.494 e. The summed E-state index contributed by atoms with van der Waals surface area (Å²) in [7, 11) is 0. The maximum atomic E-state index is 12.9. The Balaban J connectivity index is 1.36. The first-order valence-electron chi connectivity index (χ1n) is 15.8. The Morgan fingerprint density at radius 1 is 0.561 bits per heavy atom. The summed E-state index contributed by atoms with van der Waals surface area (Å²) in [4.78, 5) is 12.9. The van der Waals surface area contributed by atoms with Crippen molar-refractivity contribution in [2.75, 3.05) is 26.4 Å². The number of aliphatic hydroxyl groups is 2. The van der Waals surface area contributed by atoms with Gasteiger partial charge in [0.2, 0.25) is 0 Å². The van der Waals surface area contributed by atoms with Crippen LogP contribution in [0, 0.1) is 0 Å². The SMILES string of the molecule is O=C1C/C(=C\c2ccc(OCCCCCCCCO)cc2)CC/C1=C/c1ccc(OCCCCCCCCO)cc1. The largest absolute Gasteiger partial charge is 0.494 e. The van der Waals surface area contributed by atoms with E-state index in [1.54, 1.807) is 0 Å². The first-order chi connectivity index (χ1) is 20.2. The molecule has 0 radical (unpaired) electrons. The molecule has 2 aromatic carbocycles. The lowest BCUT2D eigenvalue weighted by Crippen LogP contribution is -2.10. The van der Waals surface area contributed by atoms with E-state index in [0.29, 0.717) is 19.6 Å². The van der Waals surface area contributed by atoms with Crippen molar-refractivity contribution in [2.24, 2.45) is 0 Å². The highest BCUT2D eigenvalue weighted by molar-refractivity contribution is 6.02. The van der Waals surface area contributed by atoms with Crippen LogP contribution in [0.25, 0.3) is 12.2 Å². The van der Waals surface area contributed by atoms with Gasteiger partial charge in [0, 0.05) is 19.6 Å². The van der Waals surface area contributed by atoms with E-state index in [1.165, 1.54) is 31.3 Å². The lowest BCUT2D eigenvalue weighted by Gasteiger charge is -2.17. The molecule has 0 amide bonds. The van der Waals surface area contributed by atoms with Crippen molar-refractivity contribution in [3.63, 3.8) is 0 Å². The average Bonchev–Trinajstić information content (AvgIpc) is 2.99. The Morgan fingerprint density at radius 3 is 1.46 bits per heavy atom. The van der Waals surface area contributed by atoms with Crippen LogP contribution in [-0.2, 0) is 4.79 Å². The second kappa shape index (κ2) is 20.1. The molecule has 1 fully saturated rings. The van der Waals surface area contributed by atoms with Gasteiger partial charge < -0.3 is 19.7 Å². The van der Waals surface area contributed by atoms with Crippen LogP contribution in [0.3, 0.4) is 0 Å². The lowest BCUT2D eigenvalue weighted by molar-refractivity contribution is -0.115. The molecule has 0 spiro atoms. The van der Waals surface area contributed by atoms with Crippen molar-refractivity contribution in [3.8, 4) is 11.5 Å². The number of allylic oxidation sites excluding steroid dienone is 2. The van der Waals surface area contributed by atoms with E-state index in [2.05, 4.69) is 18.2 Å². The third-order valence-corrected chi connectivity index (χ3v) is 7.58. The van der Waals surface area contributed by atoms with E-state index in [9.17, 15) is 4.79 Å². The van der Waals surface area contributed by atoms with Gasteiger partial charge in [-0.1, -0.05) is 87.3 Å². The number of hydrogen-bond donors (Lipinski definition) is 2. The first kappa shape index (κ1) is 32.6. The predicted octanol–water partition coefficient (Wildman–Crippen LogP) is 8.33. The van der Waals surface area contributed by atoms with Crippen molar-refractivity contribution in [2.45, 2.75) is 96.3 Å². The van der Waals surface area contributed by atoms with E-state index >= 15 is 0 Å². The minimum atomic E-state index is 0.207. The van der Waals surface area contributed by atoms with Gasteiger partial charge in [0.05, 0.1) is 13.2 Å². The van der Waals surface area contributed by atoms with Crippen LogP contribution < -0.4 is 9.47 Å². The third kappa shape index (κ3) is 13.5. The molecule has 2 N–H and O–H groups in total. The number of ether oxygens (including phenoxy) is 2. The fourth-order valence-corrected chi connectivity index (χ4v) is 5.10. The quantitative estimate of drug-likeness (QED) is 0.125. The molecule has 5 heteroatoms. The highest BCUT2D eigenvalue weighted by Crippen LogP contribution is 2.29. The highest BCUT2D eigenvalue weighted by Gasteiger charge is 2.18. The number of ketones is 1. The van der Waals surface area contributed by atoms with Crippen LogP contribution in [0.2, 0.25) is 0 Å². The molecule has 3 rings (SSSR count). The first-order valence-corrected chi connectivity index (χ1v) is 15.8. The normalized spacial score (nSPS) is 15.5. The topological polar surface area (TPSA) is 76.0 Å². The number of carbonyl (C=O) groups excluding carboxylic acids is 1. The molecule has 0 aromatic heterocycles. The zero-order valence-corrected chi connectivity index (χ0v) is 24.8. The number of benzene rings is 2. The third-order valence-electron chi connectivity index (χ3n) is 7.58. The number of carbonyl (C=O) groups is 1. The maximum absolute atomic E-state index is 12.9. The maximum Gasteiger partial charge on any atom is 0.162 e. The fraction of sp³-hybridized carbons (Fsp3) is 0.528. The van der Waals surface area contributed by atoms with Crippen molar-refractivity contribution in [1.82, 2.24) is 0 Å². The van der Waals surface area contributed by atoms with Crippen LogP contribution in [-0.4, -0.2) is 42.4 Å². The van der Waals surface area contributed by atoms with E-state index in [1.807, 2.05) is 42.5 Å². The van der Waals surface area contributed by atoms with Crippen molar-refractivity contribution < 1.29 is 24.5 Å². The fourth-order valence-electron chi connectivity index (χ4n) is 5.10. The van der Waals surface area contributed by atoms with E-state index in [-0.39, 0.29) is 5.78 Å². The Bertz CT molecular complexity index is 1050. The zero-order valence-electron chi connectivity index (χ0n) is 24.8. The average molecular weight is 563 g/mol. The molecule has 0 atom stereocenters. The monoisotopic (exact) mass is 562 g/mol. The summed E-state index contributed by atoms with van der Waals surface area (Å²) in [6.45, 7) is 2.04. The molecule has 41 heavy (non-hydrogen) atoms. The molecule has 2 aromatic rings. The van der Waals surface area contributed by atoms with Gasteiger partial charge >= 0.3 is 0 Å². The molecule has 1 aliphatic carbocycles. The number of aliphatic hydroxyl groups excluding tert-OH is 2. The van der Waals surface area contributed by atoms with Crippen LogP contribution in [0.5, 0.6) is 11.5 Å². The molecule has 1 aliphatic rings. The molecule has 0 aliphatic heterocycles. The van der Waals surface area contributed by atoms with Crippen LogP contribution in [0.1, 0.15) is 107 Å². The Labute approximate surface area is 247 Å². The molecule has 5 nitrogen and oxygen atoms in total. The minimum absolute atomic E-state index is 0.207. The summed E-state index contributed by atoms with van der Waals surface area (Å²) in [5.41, 5.74) is 4.22. The standard InChI is InChI=1S/C36H50O5/c37-23-9-5-1-3-7-11-25-40-34-19-14-30(15-20-34)27-32-13-18-33(36(39)29-32)28-31-16-21-35(22-17-31)41-26-12-8-4-2-6-10-24-38/h14-17,19-22,27-28,37-38H,1-13,18,23-26,29H2/b32-27-,33-28-. The van der Waals surface area contributed by atoms with Gasteiger partial charge in [-0.25, -0.2) is 0 Å². The molecule has 0 unspecified atom stereocenters. The van der Waals surface area contributed by atoms with E-state index < -0.39 is 0 Å². The summed E-state index contributed by atoms with van der Waals surface area (Å²) in [5, 5.41) is 17.6. The molecule has 224 valence electrons. The van der Waals surface area contributed by atoms with Gasteiger partial charge in [0.15, 0.2) is 5.78 Å². The molecular weight excluding hydrogens is 512 g/mol.